The molecule has 5 unspecified atom stereocenters. The molecular weight excluding hydrogens is 234 g/mol. The van der Waals surface area contributed by atoms with Crippen LogP contribution in [0.3, 0.4) is 0 Å². The predicted octanol–water partition coefficient (Wildman–Crippen LogP) is 3.59. The molecular formula is C17H33NO. The highest BCUT2D eigenvalue weighted by atomic mass is 16.3. The maximum atomic E-state index is 10.4. The Kier molecular flexibility index (Phi) is 4.94. The van der Waals surface area contributed by atoms with Gasteiger partial charge in [0.05, 0.1) is 6.10 Å². The average molecular weight is 267 g/mol. The summed E-state index contributed by atoms with van der Waals surface area (Å²) < 4.78 is 0. The number of aliphatic hydroxyl groups is 1. The van der Waals surface area contributed by atoms with Crippen LogP contribution >= 0.6 is 0 Å². The van der Waals surface area contributed by atoms with Gasteiger partial charge in [-0.3, -0.25) is 0 Å². The van der Waals surface area contributed by atoms with Crippen molar-refractivity contribution in [3.63, 3.8) is 0 Å². The molecule has 2 nitrogen and oxygen atoms in total. The second kappa shape index (κ2) is 6.13. The topological polar surface area (TPSA) is 32.3 Å². The van der Waals surface area contributed by atoms with E-state index in [9.17, 15) is 5.11 Å². The summed E-state index contributed by atoms with van der Waals surface area (Å²) in [6, 6.07) is 0.554. The molecule has 0 aromatic carbocycles. The van der Waals surface area contributed by atoms with Crippen LogP contribution in [0.2, 0.25) is 0 Å². The Morgan fingerprint density at radius 3 is 2.47 bits per heavy atom. The van der Waals surface area contributed by atoms with Crippen molar-refractivity contribution in [2.45, 2.75) is 78.4 Å². The molecule has 0 radical (unpaired) electrons. The molecule has 2 heteroatoms. The summed E-state index contributed by atoms with van der Waals surface area (Å²) in [6.07, 6.45) is 7.22. The van der Waals surface area contributed by atoms with E-state index in [4.69, 9.17) is 0 Å². The molecule has 0 bridgehead atoms. The summed E-state index contributed by atoms with van der Waals surface area (Å²) in [5.74, 6) is 2.12. The molecule has 2 rings (SSSR count). The smallest absolute Gasteiger partial charge is 0.0583 e. The largest absolute Gasteiger partial charge is 0.393 e. The molecule has 0 spiro atoms. The van der Waals surface area contributed by atoms with Gasteiger partial charge < -0.3 is 10.4 Å². The van der Waals surface area contributed by atoms with Crippen molar-refractivity contribution in [1.29, 1.82) is 0 Å². The van der Waals surface area contributed by atoms with Crippen molar-refractivity contribution in [3.8, 4) is 0 Å². The summed E-state index contributed by atoms with van der Waals surface area (Å²) in [6.45, 7) is 10.5. The van der Waals surface area contributed by atoms with Gasteiger partial charge in [0.25, 0.3) is 0 Å². The van der Waals surface area contributed by atoms with E-state index in [0.29, 0.717) is 17.4 Å². The van der Waals surface area contributed by atoms with E-state index < -0.39 is 0 Å². The van der Waals surface area contributed by atoms with E-state index >= 15 is 0 Å². The Labute approximate surface area is 119 Å². The molecule has 2 fully saturated rings. The number of piperidine rings is 1. The normalized spacial score (nSPS) is 41.2. The Hall–Kier alpha value is -0.0800. The van der Waals surface area contributed by atoms with Crippen LogP contribution in [-0.2, 0) is 0 Å². The Morgan fingerprint density at radius 1 is 1.11 bits per heavy atom. The number of nitrogens with one attached hydrogen (secondary N) is 1. The molecule has 1 aliphatic carbocycles. The third-order valence-corrected chi connectivity index (χ3v) is 5.73. The lowest BCUT2D eigenvalue weighted by molar-refractivity contribution is -0.00593. The molecule has 0 aromatic heterocycles. The summed E-state index contributed by atoms with van der Waals surface area (Å²) in [5.41, 5.74) is 0.386. The average Bonchev–Trinajstić information content (AvgIpc) is 2.38. The lowest BCUT2D eigenvalue weighted by Gasteiger charge is -2.45. The fourth-order valence-corrected chi connectivity index (χ4v) is 4.14. The molecule has 112 valence electrons. The molecule has 2 N–H and O–H groups in total. The molecule has 1 saturated carbocycles. The number of hydrogen-bond acceptors (Lipinski definition) is 2. The first-order chi connectivity index (χ1) is 8.91. The van der Waals surface area contributed by atoms with Crippen LogP contribution in [-0.4, -0.2) is 23.8 Å². The molecule has 0 amide bonds. The van der Waals surface area contributed by atoms with E-state index in [1.54, 1.807) is 0 Å². The second-order valence-electron chi connectivity index (χ2n) is 7.97. The highest BCUT2D eigenvalue weighted by Crippen LogP contribution is 2.42. The minimum absolute atomic E-state index is 0.0771. The highest BCUT2D eigenvalue weighted by Gasteiger charge is 2.39. The molecule has 1 aliphatic heterocycles. The standard InChI is InChI=1S/C17H33NO/c1-5-12-8-9-18-15(10-12)14-11-13(17(2,3)4)6-7-16(14)19/h12-16,18-19H,5-11H2,1-4H3. The van der Waals surface area contributed by atoms with Gasteiger partial charge in [-0.2, -0.15) is 0 Å². The fraction of sp³-hybridized carbons (Fsp3) is 1.00. The molecule has 19 heavy (non-hydrogen) atoms. The molecule has 0 aromatic rings. The van der Waals surface area contributed by atoms with Crippen LogP contribution in [0, 0.1) is 23.2 Å². The van der Waals surface area contributed by atoms with Crippen molar-refractivity contribution in [1.82, 2.24) is 5.32 Å². The van der Waals surface area contributed by atoms with Crippen molar-refractivity contribution < 1.29 is 5.11 Å². The molecule has 1 heterocycles. The molecule has 5 atom stereocenters. The van der Waals surface area contributed by atoms with Gasteiger partial charge in [-0.15, -0.1) is 0 Å². The van der Waals surface area contributed by atoms with E-state index in [0.717, 1.165) is 24.8 Å². The van der Waals surface area contributed by atoms with Gasteiger partial charge >= 0.3 is 0 Å². The molecule has 1 saturated heterocycles. The maximum absolute atomic E-state index is 10.4. The van der Waals surface area contributed by atoms with Crippen LogP contribution in [0.25, 0.3) is 0 Å². The van der Waals surface area contributed by atoms with Crippen molar-refractivity contribution >= 4 is 0 Å². The zero-order valence-electron chi connectivity index (χ0n) is 13.3. The van der Waals surface area contributed by atoms with Gasteiger partial charge in [0.15, 0.2) is 0 Å². The quantitative estimate of drug-likeness (QED) is 0.801. The van der Waals surface area contributed by atoms with E-state index in [-0.39, 0.29) is 6.10 Å². The second-order valence-corrected chi connectivity index (χ2v) is 7.97. The zero-order chi connectivity index (χ0) is 14.0. The van der Waals surface area contributed by atoms with Crippen LogP contribution in [0.4, 0.5) is 0 Å². The van der Waals surface area contributed by atoms with Crippen LogP contribution in [0.15, 0.2) is 0 Å². The van der Waals surface area contributed by atoms with Crippen molar-refractivity contribution in [2.24, 2.45) is 23.2 Å². The number of hydrogen-bond donors (Lipinski definition) is 2. The first kappa shape index (κ1) is 15.3. The first-order valence-corrected chi connectivity index (χ1v) is 8.33. The van der Waals surface area contributed by atoms with Gasteiger partial charge in [0.1, 0.15) is 0 Å². The van der Waals surface area contributed by atoms with Gasteiger partial charge in [0.2, 0.25) is 0 Å². The van der Waals surface area contributed by atoms with Gasteiger partial charge in [-0.25, -0.2) is 0 Å². The number of rotatable bonds is 2. The van der Waals surface area contributed by atoms with Gasteiger partial charge in [-0.1, -0.05) is 34.1 Å². The SMILES string of the molecule is CCC1CCNC(C2CC(C(C)(C)C)CCC2O)C1. The third-order valence-electron chi connectivity index (χ3n) is 5.73. The van der Waals surface area contributed by atoms with Crippen LogP contribution in [0.5, 0.6) is 0 Å². The Balaban J connectivity index is 2.00. The lowest BCUT2D eigenvalue weighted by Crippen LogP contribution is -2.50. The van der Waals surface area contributed by atoms with Gasteiger partial charge in [0, 0.05) is 12.0 Å². The third kappa shape index (κ3) is 3.72. The van der Waals surface area contributed by atoms with Crippen LogP contribution in [0.1, 0.15) is 66.2 Å². The molecule has 2 aliphatic rings. The predicted molar refractivity (Wildman–Crippen MR) is 81.1 cm³/mol. The first-order valence-electron chi connectivity index (χ1n) is 8.33. The summed E-state index contributed by atoms with van der Waals surface area (Å²) in [7, 11) is 0. The van der Waals surface area contributed by atoms with Crippen molar-refractivity contribution in [3.05, 3.63) is 0 Å². The Morgan fingerprint density at radius 2 is 1.84 bits per heavy atom. The maximum Gasteiger partial charge on any atom is 0.0583 e. The van der Waals surface area contributed by atoms with Gasteiger partial charge in [-0.05, 0) is 55.9 Å². The Bertz CT molecular complexity index is 283. The van der Waals surface area contributed by atoms with E-state index in [2.05, 4.69) is 33.0 Å². The lowest BCUT2D eigenvalue weighted by atomic mass is 9.65. The zero-order valence-corrected chi connectivity index (χ0v) is 13.3. The van der Waals surface area contributed by atoms with E-state index in [1.165, 1.54) is 32.1 Å². The van der Waals surface area contributed by atoms with Crippen LogP contribution < -0.4 is 5.32 Å². The number of aliphatic hydroxyl groups excluding tert-OH is 1. The minimum atomic E-state index is -0.0771. The summed E-state index contributed by atoms with van der Waals surface area (Å²) in [5, 5.41) is 14.1. The fourth-order valence-electron chi connectivity index (χ4n) is 4.14. The van der Waals surface area contributed by atoms with E-state index in [1.807, 2.05) is 0 Å². The summed E-state index contributed by atoms with van der Waals surface area (Å²) in [4.78, 5) is 0. The summed E-state index contributed by atoms with van der Waals surface area (Å²) >= 11 is 0. The minimum Gasteiger partial charge on any atom is -0.393 e. The highest BCUT2D eigenvalue weighted by molar-refractivity contribution is 4.93. The van der Waals surface area contributed by atoms with Crippen molar-refractivity contribution in [2.75, 3.05) is 6.54 Å². The monoisotopic (exact) mass is 267 g/mol.